The molecule has 0 amide bonds. The average molecular weight is 358 g/mol. The van der Waals surface area contributed by atoms with Crippen LogP contribution in [0.15, 0.2) is 23.4 Å². The molecule has 5 nitrogen and oxygen atoms in total. The summed E-state index contributed by atoms with van der Waals surface area (Å²) in [7, 11) is 1.26. The highest BCUT2D eigenvalue weighted by Crippen LogP contribution is 2.43. The van der Waals surface area contributed by atoms with E-state index in [9.17, 15) is 18.0 Å². The lowest BCUT2D eigenvalue weighted by molar-refractivity contribution is -0.165. The fourth-order valence-electron chi connectivity index (χ4n) is 2.71. The summed E-state index contributed by atoms with van der Waals surface area (Å²) in [6.45, 7) is 4.79. The van der Waals surface area contributed by atoms with Crippen molar-refractivity contribution >= 4 is 11.7 Å². The van der Waals surface area contributed by atoms with Crippen molar-refractivity contribution < 1.29 is 27.5 Å². The Kier molecular flexibility index (Phi) is 5.39. The van der Waals surface area contributed by atoms with E-state index in [2.05, 4.69) is 14.9 Å². The van der Waals surface area contributed by atoms with Gasteiger partial charge in [0.2, 0.25) is 5.60 Å². The van der Waals surface area contributed by atoms with E-state index >= 15 is 0 Å². The molecule has 1 aromatic rings. The van der Waals surface area contributed by atoms with Gasteiger partial charge in [-0.2, -0.15) is 13.2 Å². The number of rotatable bonds is 5. The van der Waals surface area contributed by atoms with Crippen LogP contribution in [0.5, 0.6) is 0 Å². The molecule has 0 saturated heterocycles. The van der Waals surface area contributed by atoms with Crippen LogP contribution < -0.4 is 0 Å². The standard InChI is InChI=1S/C17H21F3N2O3/c1-10(22-25-16(2,3)15(23)24-4)11-8-9-12(11)13-6-5-7-14(21-13)17(18,19)20/h5-7,11-12H,8-9H2,1-4H3/t11-,12-/m0/s1. The summed E-state index contributed by atoms with van der Waals surface area (Å²) >= 11 is 0. The van der Waals surface area contributed by atoms with Gasteiger partial charge in [0.15, 0.2) is 0 Å². The Labute approximate surface area is 144 Å². The number of oxime groups is 1. The van der Waals surface area contributed by atoms with Crippen LogP contribution >= 0.6 is 0 Å². The normalized spacial score (nSPS) is 21.5. The van der Waals surface area contributed by atoms with Gasteiger partial charge in [0.05, 0.1) is 12.8 Å². The molecule has 0 unspecified atom stereocenters. The number of carbonyl (C=O) groups excluding carboxylic acids is 1. The fraction of sp³-hybridized carbons (Fsp3) is 0.588. The van der Waals surface area contributed by atoms with Crippen LogP contribution in [-0.2, 0) is 20.5 Å². The van der Waals surface area contributed by atoms with Crippen molar-refractivity contribution in [3.05, 3.63) is 29.6 Å². The predicted molar refractivity (Wildman–Crippen MR) is 85.0 cm³/mol. The Morgan fingerprint density at radius 1 is 1.28 bits per heavy atom. The van der Waals surface area contributed by atoms with Crippen LogP contribution in [0, 0.1) is 5.92 Å². The molecule has 1 heterocycles. The SMILES string of the molecule is COC(=O)C(C)(C)ON=C(C)[C@@H]1CC[C@@H]1c1cccc(C(F)(F)F)n1. The molecule has 1 fully saturated rings. The number of alkyl halides is 3. The number of esters is 1. The molecule has 8 heteroatoms. The predicted octanol–water partition coefficient (Wildman–Crippen LogP) is 3.94. The number of ether oxygens (including phenoxy) is 1. The zero-order valence-electron chi connectivity index (χ0n) is 14.6. The second-order valence-corrected chi connectivity index (χ2v) is 6.56. The second kappa shape index (κ2) is 7.01. The zero-order chi connectivity index (χ0) is 18.8. The average Bonchev–Trinajstić information content (AvgIpc) is 2.50. The maximum atomic E-state index is 12.8. The summed E-state index contributed by atoms with van der Waals surface area (Å²) in [6.07, 6.45) is -2.96. The Balaban J connectivity index is 2.12. The van der Waals surface area contributed by atoms with E-state index in [0.717, 1.165) is 18.9 Å². The van der Waals surface area contributed by atoms with Crippen molar-refractivity contribution in [2.75, 3.05) is 7.11 Å². The third kappa shape index (κ3) is 4.29. The highest BCUT2D eigenvalue weighted by Gasteiger charge is 2.39. The summed E-state index contributed by atoms with van der Waals surface area (Å²) < 4.78 is 43.1. The van der Waals surface area contributed by atoms with Crippen molar-refractivity contribution in [3.63, 3.8) is 0 Å². The molecule has 0 aliphatic heterocycles. The van der Waals surface area contributed by atoms with Crippen molar-refractivity contribution in [1.29, 1.82) is 0 Å². The van der Waals surface area contributed by atoms with E-state index in [1.54, 1.807) is 13.0 Å². The van der Waals surface area contributed by atoms with Gasteiger partial charge in [-0.1, -0.05) is 11.2 Å². The fourth-order valence-corrected chi connectivity index (χ4v) is 2.71. The molecular formula is C17H21F3N2O3. The number of halogens is 3. The number of hydrogen-bond donors (Lipinski definition) is 0. The van der Waals surface area contributed by atoms with E-state index in [-0.39, 0.29) is 11.8 Å². The maximum Gasteiger partial charge on any atom is 0.433 e. The summed E-state index contributed by atoms with van der Waals surface area (Å²) in [5.74, 6) is -0.769. The Morgan fingerprint density at radius 2 is 1.96 bits per heavy atom. The van der Waals surface area contributed by atoms with E-state index in [4.69, 9.17) is 4.84 Å². The number of pyridine rings is 1. The van der Waals surface area contributed by atoms with Gasteiger partial charge >= 0.3 is 12.1 Å². The molecule has 0 spiro atoms. The van der Waals surface area contributed by atoms with Gasteiger partial charge in [0, 0.05) is 17.5 Å². The van der Waals surface area contributed by atoms with Gasteiger partial charge in [-0.25, -0.2) is 9.78 Å². The first-order chi connectivity index (χ1) is 11.6. The molecular weight excluding hydrogens is 337 g/mol. The van der Waals surface area contributed by atoms with Gasteiger partial charge in [0.1, 0.15) is 5.69 Å². The first kappa shape index (κ1) is 19.2. The smallest absolute Gasteiger partial charge is 0.433 e. The summed E-state index contributed by atoms with van der Waals surface area (Å²) in [5, 5.41) is 4.00. The molecule has 1 aliphatic rings. The molecule has 2 atom stereocenters. The highest BCUT2D eigenvalue weighted by atomic mass is 19.4. The van der Waals surface area contributed by atoms with Crippen LogP contribution in [-0.4, -0.2) is 29.4 Å². The largest absolute Gasteiger partial charge is 0.466 e. The van der Waals surface area contributed by atoms with E-state index in [1.807, 2.05) is 0 Å². The lowest BCUT2D eigenvalue weighted by atomic mass is 9.69. The first-order valence-electron chi connectivity index (χ1n) is 7.91. The lowest BCUT2D eigenvalue weighted by Gasteiger charge is -2.36. The van der Waals surface area contributed by atoms with E-state index in [0.29, 0.717) is 11.4 Å². The molecule has 0 aromatic carbocycles. The molecule has 138 valence electrons. The quantitative estimate of drug-likeness (QED) is 0.454. The Morgan fingerprint density at radius 3 is 2.48 bits per heavy atom. The minimum Gasteiger partial charge on any atom is -0.466 e. The van der Waals surface area contributed by atoms with Crippen molar-refractivity contribution in [1.82, 2.24) is 4.98 Å². The summed E-state index contributed by atoms with van der Waals surface area (Å²) in [6, 6.07) is 3.92. The number of carbonyl (C=O) groups is 1. The molecule has 25 heavy (non-hydrogen) atoms. The van der Waals surface area contributed by atoms with Gasteiger partial charge in [0.25, 0.3) is 0 Å². The Hall–Kier alpha value is -2.12. The van der Waals surface area contributed by atoms with Crippen molar-refractivity contribution in [2.24, 2.45) is 11.1 Å². The third-order valence-corrected chi connectivity index (χ3v) is 4.35. The van der Waals surface area contributed by atoms with Crippen LogP contribution in [0.25, 0.3) is 0 Å². The topological polar surface area (TPSA) is 60.8 Å². The van der Waals surface area contributed by atoms with E-state index < -0.39 is 23.4 Å². The van der Waals surface area contributed by atoms with Gasteiger partial charge in [-0.3, -0.25) is 0 Å². The molecule has 0 N–H and O–H groups in total. The van der Waals surface area contributed by atoms with Gasteiger partial charge < -0.3 is 9.57 Å². The molecule has 1 aliphatic carbocycles. The minimum atomic E-state index is -4.47. The van der Waals surface area contributed by atoms with Gasteiger partial charge in [-0.15, -0.1) is 0 Å². The number of nitrogens with zero attached hydrogens (tertiary/aromatic N) is 2. The second-order valence-electron chi connectivity index (χ2n) is 6.56. The monoisotopic (exact) mass is 358 g/mol. The van der Waals surface area contributed by atoms with Crippen LogP contribution in [0.4, 0.5) is 13.2 Å². The Bertz CT molecular complexity index is 671. The zero-order valence-corrected chi connectivity index (χ0v) is 14.6. The summed E-state index contributed by atoms with van der Waals surface area (Å²) in [4.78, 5) is 20.6. The number of methoxy groups -OCH3 is 1. The van der Waals surface area contributed by atoms with Crippen molar-refractivity contribution in [2.45, 2.75) is 51.3 Å². The van der Waals surface area contributed by atoms with Crippen LogP contribution in [0.3, 0.4) is 0 Å². The molecule has 1 aromatic heterocycles. The number of aromatic nitrogens is 1. The molecule has 0 radical (unpaired) electrons. The van der Waals surface area contributed by atoms with Crippen LogP contribution in [0.2, 0.25) is 0 Å². The minimum absolute atomic E-state index is 0.0653. The molecule has 0 bridgehead atoms. The molecule has 2 rings (SSSR count). The highest BCUT2D eigenvalue weighted by molar-refractivity contribution is 5.86. The van der Waals surface area contributed by atoms with E-state index in [1.165, 1.54) is 27.0 Å². The molecule has 1 saturated carbocycles. The van der Waals surface area contributed by atoms with Gasteiger partial charge in [-0.05, 0) is 45.7 Å². The third-order valence-electron chi connectivity index (χ3n) is 4.35. The van der Waals surface area contributed by atoms with Crippen molar-refractivity contribution in [3.8, 4) is 0 Å². The van der Waals surface area contributed by atoms with Crippen LogP contribution in [0.1, 0.15) is 50.9 Å². The first-order valence-corrected chi connectivity index (χ1v) is 7.91. The number of hydrogen-bond acceptors (Lipinski definition) is 5. The lowest BCUT2D eigenvalue weighted by Crippen LogP contribution is -2.36. The maximum absolute atomic E-state index is 12.8. The summed E-state index contributed by atoms with van der Waals surface area (Å²) in [5.41, 5.74) is -1.11.